The van der Waals surface area contributed by atoms with Crippen LogP contribution in [-0.2, 0) is 11.2 Å². The summed E-state index contributed by atoms with van der Waals surface area (Å²) in [7, 11) is 0. The molecule has 0 spiro atoms. The molecule has 0 aliphatic heterocycles. The molecule has 3 rings (SSSR count). The molecule has 136 valence electrons. The first kappa shape index (κ1) is 18.2. The maximum absolute atomic E-state index is 12.2. The monoisotopic (exact) mass is 371 g/mol. The number of fused-ring (bicyclic) bond motifs is 1. The van der Waals surface area contributed by atoms with Gasteiger partial charge in [-0.05, 0) is 32.4 Å². The third-order valence-corrected chi connectivity index (χ3v) is 4.82. The average Bonchev–Trinajstić information content (AvgIpc) is 3.00. The summed E-state index contributed by atoms with van der Waals surface area (Å²) >= 11 is 1.24. The van der Waals surface area contributed by atoms with Gasteiger partial charge in [0.15, 0.2) is 5.16 Å². The molecule has 0 radical (unpaired) electrons. The van der Waals surface area contributed by atoms with Crippen LogP contribution in [0.4, 0.5) is 0 Å². The van der Waals surface area contributed by atoms with E-state index in [0.717, 1.165) is 29.7 Å². The van der Waals surface area contributed by atoms with Crippen LogP contribution in [0.25, 0.3) is 11.0 Å². The molecule has 0 unspecified atom stereocenters. The average molecular weight is 371 g/mol. The number of H-pyrrole nitrogens is 2. The Hall–Kier alpha value is -2.61. The predicted molar refractivity (Wildman–Crippen MR) is 102 cm³/mol. The number of aromatic nitrogens is 4. The van der Waals surface area contributed by atoms with Gasteiger partial charge in [-0.15, -0.1) is 0 Å². The SMILES string of the molecule is Cc1cc(=O)[nH]c(S[C@H](C)C(=O)NCCCc2nc3ccccc3[nH]2)n1. The highest BCUT2D eigenvalue weighted by Gasteiger charge is 2.15. The number of aromatic amines is 2. The van der Waals surface area contributed by atoms with Gasteiger partial charge in [0.1, 0.15) is 5.82 Å². The van der Waals surface area contributed by atoms with Gasteiger partial charge in [-0.25, -0.2) is 9.97 Å². The summed E-state index contributed by atoms with van der Waals surface area (Å²) in [5, 5.41) is 3.03. The van der Waals surface area contributed by atoms with Crippen molar-refractivity contribution >= 4 is 28.7 Å². The zero-order valence-electron chi connectivity index (χ0n) is 14.7. The van der Waals surface area contributed by atoms with Crippen molar-refractivity contribution in [2.75, 3.05) is 6.54 Å². The lowest BCUT2D eigenvalue weighted by Crippen LogP contribution is -2.32. The van der Waals surface area contributed by atoms with Gasteiger partial charge >= 0.3 is 0 Å². The van der Waals surface area contributed by atoms with Crippen molar-refractivity contribution in [3.8, 4) is 0 Å². The highest BCUT2D eigenvalue weighted by molar-refractivity contribution is 8.00. The second kappa shape index (κ2) is 8.18. The predicted octanol–water partition coefficient (Wildman–Crippen LogP) is 2.18. The quantitative estimate of drug-likeness (QED) is 0.335. The molecule has 1 atom stereocenters. The molecule has 0 saturated heterocycles. The minimum Gasteiger partial charge on any atom is -0.355 e. The van der Waals surface area contributed by atoms with Gasteiger partial charge in [0.25, 0.3) is 5.56 Å². The van der Waals surface area contributed by atoms with E-state index in [0.29, 0.717) is 17.4 Å². The fourth-order valence-electron chi connectivity index (χ4n) is 2.56. The van der Waals surface area contributed by atoms with E-state index < -0.39 is 0 Å². The molecule has 3 aromatic rings. The number of carbonyl (C=O) groups is 1. The van der Waals surface area contributed by atoms with Gasteiger partial charge < -0.3 is 15.3 Å². The lowest BCUT2D eigenvalue weighted by molar-refractivity contribution is -0.120. The van der Waals surface area contributed by atoms with Gasteiger partial charge in [0.05, 0.1) is 16.3 Å². The molecule has 7 nitrogen and oxygen atoms in total. The highest BCUT2D eigenvalue weighted by atomic mass is 32.2. The van der Waals surface area contributed by atoms with Crippen LogP contribution in [0.2, 0.25) is 0 Å². The first-order valence-corrected chi connectivity index (χ1v) is 9.35. The molecule has 3 N–H and O–H groups in total. The van der Waals surface area contributed by atoms with E-state index in [1.54, 1.807) is 13.8 Å². The summed E-state index contributed by atoms with van der Waals surface area (Å²) in [6.45, 7) is 4.11. The number of nitrogens with one attached hydrogen (secondary N) is 3. The van der Waals surface area contributed by atoms with Gasteiger partial charge in [-0.2, -0.15) is 0 Å². The molecule has 1 amide bonds. The van der Waals surface area contributed by atoms with Crippen LogP contribution in [0.5, 0.6) is 0 Å². The Bertz CT molecular complexity index is 932. The van der Waals surface area contributed by atoms with Gasteiger partial charge in [0.2, 0.25) is 5.91 Å². The number of para-hydroxylation sites is 2. The normalized spacial score (nSPS) is 12.2. The molecule has 0 aliphatic carbocycles. The van der Waals surface area contributed by atoms with Crippen molar-refractivity contribution in [3.05, 3.63) is 52.2 Å². The fraction of sp³-hybridized carbons (Fsp3) is 0.333. The Morgan fingerprint density at radius 3 is 2.85 bits per heavy atom. The van der Waals surface area contributed by atoms with Gasteiger partial charge in [-0.1, -0.05) is 23.9 Å². The van der Waals surface area contributed by atoms with Crippen molar-refractivity contribution < 1.29 is 4.79 Å². The molecule has 0 bridgehead atoms. The maximum atomic E-state index is 12.2. The topological polar surface area (TPSA) is 104 Å². The third kappa shape index (κ3) is 4.72. The minimum absolute atomic E-state index is 0.0799. The Labute approximate surface area is 155 Å². The number of hydrogen-bond acceptors (Lipinski definition) is 5. The van der Waals surface area contributed by atoms with Crippen LogP contribution in [0.1, 0.15) is 24.9 Å². The Morgan fingerprint density at radius 1 is 1.27 bits per heavy atom. The third-order valence-electron chi connectivity index (χ3n) is 3.83. The van der Waals surface area contributed by atoms with E-state index in [4.69, 9.17) is 0 Å². The first-order chi connectivity index (χ1) is 12.5. The van der Waals surface area contributed by atoms with E-state index in [1.807, 2.05) is 24.3 Å². The highest BCUT2D eigenvalue weighted by Crippen LogP contribution is 2.18. The smallest absolute Gasteiger partial charge is 0.251 e. The Kier molecular flexibility index (Phi) is 5.72. The molecule has 2 heterocycles. The number of amides is 1. The number of nitrogens with zero attached hydrogens (tertiary/aromatic N) is 2. The van der Waals surface area contributed by atoms with Gasteiger partial charge in [-0.3, -0.25) is 9.59 Å². The van der Waals surface area contributed by atoms with E-state index in [1.165, 1.54) is 17.8 Å². The second-order valence-electron chi connectivity index (χ2n) is 6.05. The molecule has 0 fully saturated rings. The van der Waals surface area contributed by atoms with Crippen LogP contribution >= 0.6 is 11.8 Å². The van der Waals surface area contributed by atoms with Crippen LogP contribution in [-0.4, -0.2) is 37.6 Å². The molecule has 26 heavy (non-hydrogen) atoms. The van der Waals surface area contributed by atoms with Crippen LogP contribution in [0.15, 0.2) is 40.3 Å². The van der Waals surface area contributed by atoms with Crippen LogP contribution in [0.3, 0.4) is 0 Å². The van der Waals surface area contributed by atoms with Crippen molar-refractivity contribution in [2.24, 2.45) is 0 Å². The summed E-state index contributed by atoms with van der Waals surface area (Å²) in [5.74, 6) is 0.841. The van der Waals surface area contributed by atoms with E-state index in [9.17, 15) is 9.59 Å². The van der Waals surface area contributed by atoms with Crippen LogP contribution in [0, 0.1) is 6.92 Å². The zero-order chi connectivity index (χ0) is 18.5. The number of hydrogen-bond donors (Lipinski definition) is 3. The van der Waals surface area contributed by atoms with Crippen LogP contribution < -0.4 is 10.9 Å². The van der Waals surface area contributed by atoms with Gasteiger partial charge in [0, 0.05) is 24.7 Å². The lowest BCUT2D eigenvalue weighted by atomic mass is 10.3. The van der Waals surface area contributed by atoms with Crippen molar-refractivity contribution in [1.29, 1.82) is 0 Å². The standard InChI is InChI=1S/C18H21N5O2S/c1-11-10-16(24)23-18(20-11)26-12(2)17(25)19-9-5-8-15-21-13-6-3-4-7-14(13)22-15/h3-4,6-7,10,12H,5,8-9H2,1-2H3,(H,19,25)(H,21,22)(H,20,23,24)/t12-/m1/s1. The van der Waals surface area contributed by atoms with Crippen molar-refractivity contribution in [1.82, 2.24) is 25.3 Å². The summed E-state index contributed by atoms with van der Waals surface area (Å²) in [6.07, 6.45) is 1.56. The number of aryl methyl sites for hydroxylation is 2. The van der Waals surface area contributed by atoms with E-state index >= 15 is 0 Å². The summed E-state index contributed by atoms with van der Waals surface area (Å²) in [5.41, 5.74) is 2.40. The zero-order valence-corrected chi connectivity index (χ0v) is 15.5. The maximum Gasteiger partial charge on any atom is 0.251 e. The molecule has 8 heteroatoms. The van der Waals surface area contributed by atoms with Crippen molar-refractivity contribution in [3.63, 3.8) is 0 Å². The second-order valence-corrected chi connectivity index (χ2v) is 7.38. The fourth-order valence-corrected chi connectivity index (χ4v) is 3.45. The Morgan fingerprint density at radius 2 is 2.08 bits per heavy atom. The summed E-state index contributed by atoms with van der Waals surface area (Å²) < 4.78 is 0. The minimum atomic E-state index is -0.342. The number of imidazole rings is 1. The number of carbonyl (C=O) groups excluding carboxylic acids is 1. The Balaban J connectivity index is 1.45. The number of thioether (sulfide) groups is 1. The summed E-state index contributed by atoms with van der Waals surface area (Å²) in [4.78, 5) is 38.3. The number of benzene rings is 1. The number of rotatable bonds is 7. The van der Waals surface area contributed by atoms with E-state index in [-0.39, 0.29) is 16.7 Å². The van der Waals surface area contributed by atoms with Crippen molar-refractivity contribution in [2.45, 2.75) is 37.1 Å². The molecule has 2 aromatic heterocycles. The molecule has 1 aromatic carbocycles. The lowest BCUT2D eigenvalue weighted by Gasteiger charge is -2.11. The largest absolute Gasteiger partial charge is 0.355 e. The first-order valence-electron chi connectivity index (χ1n) is 8.47. The molecule has 0 saturated carbocycles. The summed E-state index contributed by atoms with van der Waals surface area (Å²) in [6, 6.07) is 9.32. The molecule has 0 aliphatic rings. The van der Waals surface area contributed by atoms with E-state index in [2.05, 4.69) is 25.3 Å². The molecular weight excluding hydrogens is 350 g/mol. The molecular formula is C18H21N5O2S.